The summed E-state index contributed by atoms with van der Waals surface area (Å²) in [5.41, 5.74) is 1.27. The number of thiazole rings is 1. The topological polar surface area (TPSA) is 59.5 Å². The number of carbonyl (C=O) groups is 2. The van der Waals surface area contributed by atoms with Crippen molar-refractivity contribution in [3.8, 4) is 10.6 Å². The SMILES string of the molecule is Cc1nc(-c2ccc(F)cc2)sc1C(=O)OC(C)C(=O)N1CCCCCC1. The van der Waals surface area contributed by atoms with Crippen LogP contribution in [-0.2, 0) is 9.53 Å². The number of amides is 1. The van der Waals surface area contributed by atoms with E-state index in [1.165, 1.54) is 23.5 Å². The maximum atomic E-state index is 13.1. The van der Waals surface area contributed by atoms with Crippen LogP contribution in [0, 0.1) is 12.7 Å². The third-order valence-corrected chi connectivity index (χ3v) is 5.81. The molecule has 1 aromatic carbocycles. The van der Waals surface area contributed by atoms with Crippen molar-refractivity contribution in [2.24, 2.45) is 0 Å². The highest BCUT2D eigenvalue weighted by Crippen LogP contribution is 2.29. The molecule has 0 bridgehead atoms. The van der Waals surface area contributed by atoms with Gasteiger partial charge in [0.15, 0.2) is 6.10 Å². The average Bonchev–Trinajstić information content (AvgIpc) is 2.86. The maximum Gasteiger partial charge on any atom is 0.351 e. The predicted octanol–water partition coefficient (Wildman–Crippen LogP) is 4.21. The van der Waals surface area contributed by atoms with Crippen LogP contribution in [0.4, 0.5) is 4.39 Å². The molecule has 27 heavy (non-hydrogen) atoms. The summed E-state index contributed by atoms with van der Waals surface area (Å²) in [5, 5.41) is 0.617. The van der Waals surface area contributed by atoms with E-state index < -0.39 is 12.1 Å². The molecule has 2 heterocycles. The second-order valence-electron chi connectivity index (χ2n) is 6.73. The number of esters is 1. The van der Waals surface area contributed by atoms with E-state index >= 15 is 0 Å². The highest BCUT2D eigenvalue weighted by Gasteiger charge is 2.26. The number of hydrogen-bond acceptors (Lipinski definition) is 5. The fourth-order valence-corrected chi connectivity index (χ4v) is 4.07. The van der Waals surface area contributed by atoms with E-state index in [9.17, 15) is 14.0 Å². The molecule has 1 aliphatic heterocycles. The first-order valence-electron chi connectivity index (χ1n) is 9.19. The van der Waals surface area contributed by atoms with Crippen molar-refractivity contribution in [3.63, 3.8) is 0 Å². The van der Waals surface area contributed by atoms with Crippen molar-refractivity contribution in [2.45, 2.75) is 45.6 Å². The van der Waals surface area contributed by atoms with Crippen LogP contribution in [0.15, 0.2) is 24.3 Å². The minimum atomic E-state index is -0.827. The van der Waals surface area contributed by atoms with Gasteiger partial charge < -0.3 is 9.64 Å². The summed E-state index contributed by atoms with van der Waals surface area (Å²) in [6.07, 6.45) is 3.41. The number of halogens is 1. The normalized spacial score (nSPS) is 15.9. The molecule has 1 amide bonds. The monoisotopic (exact) mass is 390 g/mol. The standard InChI is InChI=1S/C20H23FN2O3S/c1-13-17(27-18(22-13)15-7-9-16(21)10-8-15)20(25)26-14(2)19(24)23-11-5-3-4-6-12-23/h7-10,14H,3-6,11-12H2,1-2H3. The highest BCUT2D eigenvalue weighted by molar-refractivity contribution is 7.17. The molecule has 5 nitrogen and oxygen atoms in total. The summed E-state index contributed by atoms with van der Waals surface area (Å²) < 4.78 is 18.5. The van der Waals surface area contributed by atoms with Crippen LogP contribution in [0.3, 0.4) is 0 Å². The molecule has 0 spiro atoms. The third kappa shape index (κ3) is 4.71. The Balaban J connectivity index is 1.68. The summed E-state index contributed by atoms with van der Waals surface area (Å²) in [4.78, 5) is 31.6. The first kappa shape index (κ1) is 19.5. The maximum absolute atomic E-state index is 13.1. The lowest BCUT2D eigenvalue weighted by Crippen LogP contribution is -2.40. The van der Waals surface area contributed by atoms with E-state index in [2.05, 4.69) is 4.98 Å². The lowest BCUT2D eigenvalue weighted by molar-refractivity contribution is -0.139. The largest absolute Gasteiger partial charge is 0.448 e. The Morgan fingerprint density at radius 1 is 1.15 bits per heavy atom. The van der Waals surface area contributed by atoms with Gasteiger partial charge in [0, 0.05) is 18.7 Å². The van der Waals surface area contributed by atoms with Crippen LogP contribution >= 0.6 is 11.3 Å². The Morgan fingerprint density at radius 2 is 1.78 bits per heavy atom. The smallest absolute Gasteiger partial charge is 0.351 e. The fraction of sp³-hybridized carbons (Fsp3) is 0.450. The summed E-state index contributed by atoms with van der Waals surface area (Å²) in [6.45, 7) is 4.77. The zero-order valence-electron chi connectivity index (χ0n) is 15.5. The second-order valence-corrected chi connectivity index (χ2v) is 7.73. The molecule has 3 rings (SSSR count). The summed E-state index contributed by atoms with van der Waals surface area (Å²) in [6, 6.07) is 5.94. The fourth-order valence-electron chi connectivity index (χ4n) is 3.11. The number of likely N-dealkylation sites (tertiary alicyclic amines) is 1. The van der Waals surface area contributed by atoms with Gasteiger partial charge in [-0.25, -0.2) is 14.2 Å². The zero-order chi connectivity index (χ0) is 19.4. The van der Waals surface area contributed by atoms with Gasteiger partial charge in [0.1, 0.15) is 15.7 Å². The molecular formula is C20H23FN2O3S. The van der Waals surface area contributed by atoms with Crippen LogP contribution in [0.5, 0.6) is 0 Å². The molecule has 2 aromatic rings. The highest BCUT2D eigenvalue weighted by atomic mass is 32.1. The van der Waals surface area contributed by atoms with Crippen LogP contribution in [0.25, 0.3) is 10.6 Å². The molecule has 0 aliphatic carbocycles. The number of rotatable bonds is 4. The average molecular weight is 390 g/mol. The number of hydrogen-bond donors (Lipinski definition) is 0. The quantitative estimate of drug-likeness (QED) is 0.734. The molecule has 1 aromatic heterocycles. The first-order valence-corrected chi connectivity index (χ1v) is 10.0. The Morgan fingerprint density at radius 3 is 2.41 bits per heavy atom. The van der Waals surface area contributed by atoms with Gasteiger partial charge in [-0.3, -0.25) is 4.79 Å². The van der Waals surface area contributed by atoms with Crippen LogP contribution in [0.2, 0.25) is 0 Å². The Hall–Kier alpha value is -2.28. The van der Waals surface area contributed by atoms with Crippen molar-refractivity contribution in [3.05, 3.63) is 40.7 Å². The summed E-state index contributed by atoms with van der Waals surface area (Å²) in [5.74, 6) is -1.02. The van der Waals surface area contributed by atoms with Crippen LogP contribution in [0.1, 0.15) is 48.0 Å². The molecule has 144 valence electrons. The number of carbonyl (C=O) groups excluding carboxylic acids is 2. The molecule has 7 heteroatoms. The molecule has 0 N–H and O–H groups in total. The minimum Gasteiger partial charge on any atom is -0.448 e. The molecule has 1 aliphatic rings. The van der Waals surface area contributed by atoms with E-state index in [1.54, 1.807) is 30.9 Å². The van der Waals surface area contributed by atoms with E-state index in [0.717, 1.165) is 44.3 Å². The van der Waals surface area contributed by atoms with E-state index in [-0.39, 0.29) is 11.7 Å². The van der Waals surface area contributed by atoms with Gasteiger partial charge in [0.25, 0.3) is 5.91 Å². The Labute approximate surface area is 162 Å². The number of ether oxygens (including phenoxy) is 1. The van der Waals surface area contributed by atoms with Crippen molar-refractivity contribution in [1.29, 1.82) is 0 Å². The lowest BCUT2D eigenvalue weighted by Gasteiger charge is -2.23. The molecule has 1 fully saturated rings. The van der Waals surface area contributed by atoms with E-state index in [4.69, 9.17) is 4.74 Å². The van der Waals surface area contributed by atoms with Gasteiger partial charge in [-0.2, -0.15) is 0 Å². The van der Waals surface area contributed by atoms with Gasteiger partial charge >= 0.3 is 5.97 Å². The van der Waals surface area contributed by atoms with Crippen molar-refractivity contribution < 1.29 is 18.7 Å². The molecule has 0 radical (unpaired) electrons. The zero-order valence-corrected chi connectivity index (χ0v) is 16.4. The van der Waals surface area contributed by atoms with Crippen molar-refractivity contribution in [2.75, 3.05) is 13.1 Å². The second kappa shape index (κ2) is 8.61. The van der Waals surface area contributed by atoms with E-state index in [1.807, 2.05) is 0 Å². The third-order valence-electron chi connectivity index (χ3n) is 4.62. The van der Waals surface area contributed by atoms with Crippen molar-refractivity contribution in [1.82, 2.24) is 9.88 Å². The Kier molecular flexibility index (Phi) is 6.21. The van der Waals surface area contributed by atoms with Gasteiger partial charge in [-0.05, 0) is 51.0 Å². The number of benzene rings is 1. The molecule has 1 atom stereocenters. The summed E-state index contributed by atoms with van der Waals surface area (Å²) in [7, 11) is 0. The summed E-state index contributed by atoms with van der Waals surface area (Å²) >= 11 is 1.19. The number of nitrogens with zero attached hydrogens (tertiary/aromatic N) is 2. The molecule has 1 saturated heterocycles. The minimum absolute atomic E-state index is 0.147. The van der Waals surface area contributed by atoms with E-state index in [0.29, 0.717) is 15.6 Å². The molecular weight excluding hydrogens is 367 g/mol. The van der Waals surface area contributed by atoms with Crippen molar-refractivity contribution >= 4 is 23.2 Å². The van der Waals surface area contributed by atoms with Gasteiger partial charge in [0.2, 0.25) is 0 Å². The van der Waals surface area contributed by atoms with Crippen LogP contribution < -0.4 is 0 Å². The number of aryl methyl sites for hydroxylation is 1. The van der Waals surface area contributed by atoms with Crippen LogP contribution in [-0.4, -0.2) is 41.0 Å². The van der Waals surface area contributed by atoms with Gasteiger partial charge in [-0.1, -0.05) is 12.8 Å². The molecule has 1 unspecified atom stereocenters. The molecule has 0 saturated carbocycles. The predicted molar refractivity (Wildman–Crippen MR) is 102 cm³/mol. The van der Waals surface area contributed by atoms with Gasteiger partial charge in [-0.15, -0.1) is 11.3 Å². The van der Waals surface area contributed by atoms with Gasteiger partial charge in [0.05, 0.1) is 5.69 Å². The lowest BCUT2D eigenvalue weighted by atomic mass is 10.2. The number of aromatic nitrogens is 1. The Bertz CT molecular complexity index is 811. The first-order chi connectivity index (χ1) is 13.0.